The van der Waals surface area contributed by atoms with Gasteiger partial charge in [-0.1, -0.05) is 0 Å². The Morgan fingerprint density at radius 2 is 1.93 bits per heavy atom. The first-order valence-electron chi connectivity index (χ1n) is 8.76. The van der Waals surface area contributed by atoms with Crippen LogP contribution in [0.3, 0.4) is 0 Å². The molecule has 27 heavy (non-hydrogen) atoms. The number of hydrogen-bond acceptors (Lipinski definition) is 5. The van der Waals surface area contributed by atoms with Gasteiger partial charge < -0.3 is 10.2 Å². The molecule has 0 aromatic carbocycles. The highest BCUT2D eigenvalue weighted by atomic mass is 19.4. The van der Waals surface area contributed by atoms with Gasteiger partial charge in [0.05, 0.1) is 12.1 Å². The monoisotopic (exact) mass is 387 g/mol. The molecule has 1 aromatic heterocycles. The molecule has 0 bridgehead atoms. The Labute approximate surface area is 155 Å². The standard InChI is InChI=1S/C17H24F3N5O2/c1-12(2)22-16(27)23-15(26)11-24-6-3-7-25(9-8-24)14-5-4-13(10-21-14)17(18,19)20/h4-5,10,12H,3,6-9,11H2,1-2H3,(H2,22,23,26,27). The fraction of sp³-hybridized carbons (Fsp3) is 0.588. The summed E-state index contributed by atoms with van der Waals surface area (Å²) in [5.74, 6) is 0.0832. The van der Waals surface area contributed by atoms with E-state index >= 15 is 0 Å². The van der Waals surface area contributed by atoms with Gasteiger partial charge in [-0.15, -0.1) is 0 Å². The molecule has 7 nitrogen and oxygen atoms in total. The number of hydrogen-bond donors (Lipinski definition) is 2. The molecule has 1 aliphatic heterocycles. The number of urea groups is 1. The third-order valence-electron chi connectivity index (χ3n) is 4.03. The molecule has 1 saturated heterocycles. The zero-order valence-electron chi connectivity index (χ0n) is 15.3. The second kappa shape index (κ2) is 9.03. The molecule has 0 saturated carbocycles. The van der Waals surface area contributed by atoms with Crippen LogP contribution in [0.4, 0.5) is 23.8 Å². The number of carbonyl (C=O) groups is 2. The molecular formula is C17H24F3N5O2. The highest BCUT2D eigenvalue weighted by molar-refractivity contribution is 5.95. The largest absolute Gasteiger partial charge is 0.417 e. The van der Waals surface area contributed by atoms with Crippen LogP contribution in [0.25, 0.3) is 0 Å². The Balaban J connectivity index is 1.86. The van der Waals surface area contributed by atoms with Crippen LogP contribution in [0, 0.1) is 0 Å². The van der Waals surface area contributed by atoms with E-state index in [-0.39, 0.29) is 12.6 Å². The summed E-state index contributed by atoms with van der Waals surface area (Å²) < 4.78 is 37.9. The fourth-order valence-electron chi connectivity index (χ4n) is 2.77. The van der Waals surface area contributed by atoms with E-state index in [2.05, 4.69) is 15.6 Å². The van der Waals surface area contributed by atoms with Crippen molar-refractivity contribution in [1.82, 2.24) is 20.5 Å². The lowest BCUT2D eigenvalue weighted by atomic mass is 10.2. The number of halogens is 3. The van der Waals surface area contributed by atoms with E-state index in [0.717, 1.165) is 18.7 Å². The van der Waals surface area contributed by atoms with Crippen molar-refractivity contribution in [3.05, 3.63) is 23.9 Å². The number of rotatable bonds is 4. The van der Waals surface area contributed by atoms with E-state index in [0.29, 0.717) is 32.0 Å². The van der Waals surface area contributed by atoms with E-state index in [1.807, 2.05) is 9.80 Å². The second-order valence-electron chi connectivity index (χ2n) is 6.70. The van der Waals surface area contributed by atoms with E-state index in [1.54, 1.807) is 13.8 Å². The van der Waals surface area contributed by atoms with Crippen molar-refractivity contribution in [1.29, 1.82) is 0 Å². The number of aromatic nitrogens is 1. The zero-order valence-corrected chi connectivity index (χ0v) is 15.3. The molecule has 2 N–H and O–H groups in total. The van der Waals surface area contributed by atoms with E-state index in [1.165, 1.54) is 6.07 Å². The predicted octanol–water partition coefficient (Wildman–Crippen LogP) is 1.85. The quantitative estimate of drug-likeness (QED) is 0.825. The molecule has 2 heterocycles. The summed E-state index contributed by atoms with van der Waals surface area (Å²) in [6, 6.07) is 1.79. The Bertz CT molecular complexity index is 649. The van der Waals surface area contributed by atoms with Gasteiger partial charge in [0.1, 0.15) is 5.82 Å². The average Bonchev–Trinajstić information content (AvgIpc) is 2.78. The molecule has 0 unspecified atom stereocenters. The van der Waals surface area contributed by atoms with Crippen molar-refractivity contribution in [2.75, 3.05) is 37.6 Å². The lowest BCUT2D eigenvalue weighted by Crippen LogP contribution is -2.46. The first-order valence-corrected chi connectivity index (χ1v) is 8.76. The maximum Gasteiger partial charge on any atom is 0.417 e. The summed E-state index contributed by atoms with van der Waals surface area (Å²) in [6.07, 6.45) is -2.84. The Hall–Kier alpha value is -2.36. The first-order chi connectivity index (χ1) is 12.6. The van der Waals surface area contributed by atoms with Crippen molar-refractivity contribution < 1.29 is 22.8 Å². The number of anilines is 1. The number of amides is 3. The fourth-order valence-corrected chi connectivity index (χ4v) is 2.77. The molecule has 0 aliphatic carbocycles. The van der Waals surface area contributed by atoms with Gasteiger partial charge in [-0.3, -0.25) is 15.0 Å². The smallest absolute Gasteiger partial charge is 0.355 e. The molecule has 10 heteroatoms. The Kier molecular flexibility index (Phi) is 7.00. The maximum absolute atomic E-state index is 12.6. The van der Waals surface area contributed by atoms with Crippen LogP contribution >= 0.6 is 0 Å². The molecule has 3 amide bonds. The molecule has 1 aliphatic rings. The number of carbonyl (C=O) groups excluding carboxylic acids is 2. The number of alkyl halides is 3. The summed E-state index contributed by atoms with van der Waals surface area (Å²) in [6.45, 7) is 6.03. The summed E-state index contributed by atoms with van der Waals surface area (Å²) in [7, 11) is 0. The lowest BCUT2D eigenvalue weighted by molar-refractivity contribution is -0.137. The number of nitrogens with zero attached hydrogens (tertiary/aromatic N) is 3. The van der Waals surface area contributed by atoms with Crippen LogP contribution in [0.15, 0.2) is 18.3 Å². The van der Waals surface area contributed by atoms with E-state index < -0.39 is 23.7 Å². The SMILES string of the molecule is CC(C)NC(=O)NC(=O)CN1CCCN(c2ccc(C(F)(F)F)cn2)CC1. The van der Waals surface area contributed by atoms with Crippen LogP contribution in [0.2, 0.25) is 0 Å². The van der Waals surface area contributed by atoms with Gasteiger partial charge in [0.15, 0.2) is 0 Å². The van der Waals surface area contributed by atoms with Crippen molar-refractivity contribution in [3.63, 3.8) is 0 Å². The van der Waals surface area contributed by atoms with Crippen molar-refractivity contribution >= 4 is 17.8 Å². The number of pyridine rings is 1. The van der Waals surface area contributed by atoms with E-state index in [4.69, 9.17) is 0 Å². The summed E-state index contributed by atoms with van der Waals surface area (Å²) in [5, 5.41) is 4.86. The van der Waals surface area contributed by atoms with Crippen molar-refractivity contribution in [2.24, 2.45) is 0 Å². The normalized spacial score (nSPS) is 16.1. The highest BCUT2D eigenvalue weighted by Crippen LogP contribution is 2.29. The summed E-state index contributed by atoms with van der Waals surface area (Å²) >= 11 is 0. The van der Waals surface area contributed by atoms with Gasteiger partial charge in [0.25, 0.3) is 0 Å². The first kappa shape index (κ1) is 20.9. The zero-order chi connectivity index (χ0) is 20.0. The third kappa shape index (κ3) is 6.70. The minimum Gasteiger partial charge on any atom is -0.355 e. The van der Waals surface area contributed by atoms with Gasteiger partial charge in [-0.25, -0.2) is 9.78 Å². The summed E-state index contributed by atoms with van der Waals surface area (Å²) in [4.78, 5) is 31.2. The van der Waals surface area contributed by atoms with Crippen molar-refractivity contribution in [3.8, 4) is 0 Å². The van der Waals surface area contributed by atoms with Gasteiger partial charge in [0.2, 0.25) is 5.91 Å². The minimum absolute atomic E-state index is 0.0687. The van der Waals surface area contributed by atoms with Crippen molar-refractivity contribution in [2.45, 2.75) is 32.5 Å². The summed E-state index contributed by atoms with van der Waals surface area (Å²) in [5.41, 5.74) is -0.779. The molecule has 0 atom stereocenters. The molecule has 150 valence electrons. The van der Waals surface area contributed by atoms with Gasteiger partial charge in [0, 0.05) is 38.4 Å². The minimum atomic E-state index is -4.41. The molecular weight excluding hydrogens is 363 g/mol. The van der Waals surface area contributed by atoms with Crippen LogP contribution in [0.1, 0.15) is 25.8 Å². The Morgan fingerprint density at radius 3 is 2.52 bits per heavy atom. The average molecular weight is 387 g/mol. The molecule has 1 aromatic rings. The molecule has 0 radical (unpaired) electrons. The number of nitrogens with one attached hydrogen (secondary N) is 2. The van der Waals surface area contributed by atoms with E-state index in [9.17, 15) is 22.8 Å². The molecule has 0 spiro atoms. The Morgan fingerprint density at radius 1 is 1.19 bits per heavy atom. The molecule has 1 fully saturated rings. The van der Waals surface area contributed by atoms with Crippen LogP contribution in [0.5, 0.6) is 0 Å². The topological polar surface area (TPSA) is 77.6 Å². The third-order valence-corrected chi connectivity index (χ3v) is 4.03. The highest BCUT2D eigenvalue weighted by Gasteiger charge is 2.31. The van der Waals surface area contributed by atoms with Crippen LogP contribution < -0.4 is 15.5 Å². The van der Waals surface area contributed by atoms with Crippen LogP contribution in [-0.4, -0.2) is 60.6 Å². The number of imide groups is 1. The second-order valence-corrected chi connectivity index (χ2v) is 6.70. The molecule has 2 rings (SSSR count). The van der Waals surface area contributed by atoms with Gasteiger partial charge in [-0.2, -0.15) is 13.2 Å². The van der Waals surface area contributed by atoms with Gasteiger partial charge >= 0.3 is 12.2 Å². The predicted molar refractivity (Wildman–Crippen MR) is 94.3 cm³/mol. The van der Waals surface area contributed by atoms with Gasteiger partial charge in [-0.05, 0) is 32.4 Å². The van der Waals surface area contributed by atoms with Crippen LogP contribution in [-0.2, 0) is 11.0 Å². The lowest BCUT2D eigenvalue weighted by Gasteiger charge is -2.22. The maximum atomic E-state index is 12.6.